The van der Waals surface area contributed by atoms with Crippen LogP contribution in [-0.4, -0.2) is 64.6 Å². The number of nitrogens with one attached hydrogen (secondary N) is 2. The van der Waals surface area contributed by atoms with Crippen LogP contribution in [-0.2, 0) is 17.6 Å². The van der Waals surface area contributed by atoms with Gasteiger partial charge in [0.1, 0.15) is 5.82 Å². The molecule has 2 N–H and O–H groups in total. The summed E-state index contributed by atoms with van der Waals surface area (Å²) in [4.78, 5) is 18.7. The number of aliphatic imine (C=N–C) groups is 1. The van der Waals surface area contributed by atoms with Gasteiger partial charge in [0, 0.05) is 58.2 Å². The molecule has 0 saturated carbocycles. The number of aromatic nitrogens is 3. The van der Waals surface area contributed by atoms with Gasteiger partial charge in [0.15, 0.2) is 11.6 Å². The smallest absolute Gasteiger partial charge is 0.223 e. The molecule has 1 unspecified atom stereocenters. The van der Waals surface area contributed by atoms with Gasteiger partial charge in [-0.3, -0.25) is 14.2 Å². The third kappa shape index (κ3) is 5.63. The van der Waals surface area contributed by atoms with E-state index in [0.717, 1.165) is 62.9 Å². The predicted molar refractivity (Wildman–Crippen MR) is 126 cm³/mol. The molecule has 1 aromatic carbocycles. The summed E-state index contributed by atoms with van der Waals surface area (Å²) in [7, 11) is 1.77. The first-order chi connectivity index (χ1) is 15.7. The summed E-state index contributed by atoms with van der Waals surface area (Å²) in [5.41, 5.74) is 2.14. The van der Waals surface area contributed by atoms with Crippen LogP contribution >= 0.6 is 0 Å². The summed E-state index contributed by atoms with van der Waals surface area (Å²) in [6.07, 6.45) is 5.24. The average Bonchev–Trinajstić information content (AvgIpc) is 3.40. The molecule has 1 fully saturated rings. The number of nitrogens with zero attached hydrogens (tertiary/aromatic N) is 5. The lowest BCUT2D eigenvalue weighted by molar-refractivity contribution is -0.127. The molecule has 1 saturated heterocycles. The van der Waals surface area contributed by atoms with Crippen LogP contribution < -0.4 is 10.6 Å². The summed E-state index contributed by atoms with van der Waals surface area (Å²) in [5, 5.41) is 15.2. The molecule has 2 aromatic heterocycles. The van der Waals surface area contributed by atoms with Crippen LogP contribution in [0.2, 0.25) is 0 Å². The number of benzene rings is 1. The second kappa shape index (κ2) is 10.7. The van der Waals surface area contributed by atoms with E-state index in [0.29, 0.717) is 12.3 Å². The van der Waals surface area contributed by atoms with E-state index in [1.807, 2.05) is 51.9 Å². The van der Waals surface area contributed by atoms with Crippen molar-refractivity contribution in [1.29, 1.82) is 0 Å². The van der Waals surface area contributed by atoms with Crippen LogP contribution in [0.4, 0.5) is 0 Å². The Labute approximate surface area is 188 Å². The van der Waals surface area contributed by atoms with E-state index in [1.54, 1.807) is 7.05 Å². The lowest BCUT2D eigenvalue weighted by atomic mass is 10.1. The number of pyridine rings is 1. The summed E-state index contributed by atoms with van der Waals surface area (Å²) >= 11 is 0. The Balaban J connectivity index is 1.15. The minimum absolute atomic E-state index is 0.246. The van der Waals surface area contributed by atoms with Crippen molar-refractivity contribution in [1.82, 2.24) is 30.1 Å². The summed E-state index contributed by atoms with van der Waals surface area (Å²) in [6, 6.07) is 16.2. The molecule has 168 valence electrons. The highest BCUT2D eigenvalue weighted by atomic mass is 16.2. The van der Waals surface area contributed by atoms with Crippen molar-refractivity contribution >= 4 is 17.5 Å². The number of carbonyl (C=O) groups excluding carboxylic acids is 1. The average molecular weight is 434 g/mol. The fraction of sp³-hybridized carbons (Fsp3) is 0.417. The van der Waals surface area contributed by atoms with E-state index < -0.39 is 0 Å². The number of likely N-dealkylation sites (tertiary alicyclic amines) is 1. The number of amides is 1. The molecule has 0 aliphatic carbocycles. The van der Waals surface area contributed by atoms with Crippen molar-refractivity contribution in [3.8, 4) is 0 Å². The summed E-state index contributed by atoms with van der Waals surface area (Å²) in [6.45, 7) is 3.11. The molecule has 0 bridgehead atoms. The maximum Gasteiger partial charge on any atom is 0.223 e. The predicted octanol–water partition coefficient (Wildman–Crippen LogP) is 1.92. The second-order valence-electron chi connectivity index (χ2n) is 8.17. The Bertz CT molecular complexity index is 1050. The van der Waals surface area contributed by atoms with Crippen molar-refractivity contribution in [3.63, 3.8) is 0 Å². The Morgan fingerprint density at radius 2 is 1.94 bits per heavy atom. The standard InChI is InChI=1S/C24H31N7O/c1-25-24(26-13-7-11-22-29-28-21-10-5-6-14-31(21)22)27-17-20-16-23(32)30(18-20)15-12-19-8-3-2-4-9-19/h2-6,8-10,14,20H,7,11-13,15-18H2,1H3,(H2,25,26,27). The molecule has 1 aliphatic rings. The molecular formula is C24H31N7O. The number of rotatable bonds is 9. The van der Waals surface area contributed by atoms with Crippen molar-refractivity contribution in [2.45, 2.75) is 25.7 Å². The third-order valence-corrected chi connectivity index (χ3v) is 5.84. The zero-order valence-electron chi connectivity index (χ0n) is 18.6. The van der Waals surface area contributed by atoms with E-state index in [9.17, 15) is 4.79 Å². The van der Waals surface area contributed by atoms with Crippen molar-refractivity contribution in [2.75, 3.05) is 33.2 Å². The Kier molecular flexibility index (Phi) is 7.32. The largest absolute Gasteiger partial charge is 0.356 e. The highest BCUT2D eigenvalue weighted by Crippen LogP contribution is 2.17. The summed E-state index contributed by atoms with van der Waals surface area (Å²) in [5.74, 6) is 2.28. The molecule has 8 heteroatoms. The number of carbonyl (C=O) groups is 1. The van der Waals surface area contributed by atoms with Gasteiger partial charge in [0.25, 0.3) is 0 Å². The Morgan fingerprint density at radius 3 is 2.78 bits per heavy atom. The fourth-order valence-corrected chi connectivity index (χ4v) is 4.09. The molecule has 1 aliphatic heterocycles. The van der Waals surface area contributed by atoms with Crippen LogP contribution in [0.5, 0.6) is 0 Å². The zero-order chi connectivity index (χ0) is 22.2. The lowest BCUT2D eigenvalue weighted by Gasteiger charge is -2.18. The molecular weight excluding hydrogens is 402 g/mol. The quantitative estimate of drug-likeness (QED) is 0.306. The topological polar surface area (TPSA) is 86.9 Å². The Hall–Kier alpha value is -3.42. The number of fused-ring (bicyclic) bond motifs is 1. The minimum Gasteiger partial charge on any atom is -0.356 e. The van der Waals surface area contributed by atoms with Crippen molar-refractivity contribution < 1.29 is 4.79 Å². The van der Waals surface area contributed by atoms with E-state index >= 15 is 0 Å². The van der Waals surface area contributed by atoms with E-state index in [1.165, 1.54) is 5.56 Å². The fourth-order valence-electron chi connectivity index (χ4n) is 4.09. The van der Waals surface area contributed by atoms with Gasteiger partial charge < -0.3 is 15.5 Å². The molecule has 1 atom stereocenters. The van der Waals surface area contributed by atoms with Crippen LogP contribution in [0.15, 0.2) is 59.7 Å². The molecule has 1 amide bonds. The molecule has 0 spiro atoms. The molecule has 3 heterocycles. The normalized spacial score (nSPS) is 16.7. The molecule has 8 nitrogen and oxygen atoms in total. The lowest BCUT2D eigenvalue weighted by Crippen LogP contribution is -2.40. The second-order valence-corrected chi connectivity index (χ2v) is 8.17. The summed E-state index contributed by atoms with van der Waals surface area (Å²) < 4.78 is 2.02. The number of hydrogen-bond donors (Lipinski definition) is 2. The zero-order valence-corrected chi connectivity index (χ0v) is 18.6. The van der Waals surface area contributed by atoms with Crippen LogP contribution in [0.1, 0.15) is 24.2 Å². The van der Waals surface area contributed by atoms with Crippen LogP contribution in [0.25, 0.3) is 5.65 Å². The number of guanidine groups is 1. The maximum absolute atomic E-state index is 12.4. The molecule has 3 aromatic rings. The molecule has 32 heavy (non-hydrogen) atoms. The first-order valence-electron chi connectivity index (χ1n) is 11.3. The van der Waals surface area contributed by atoms with Crippen molar-refractivity contribution in [3.05, 3.63) is 66.1 Å². The maximum atomic E-state index is 12.4. The van der Waals surface area contributed by atoms with Gasteiger partial charge in [0.2, 0.25) is 5.91 Å². The molecule has 4 rings (SSSR count). The van der Waals surface area contributed by atoms with Gasteiger partial charge in [0.05, 0.1) is 0 Å². The van der Waals surface area contributed by atoms with Gasteiger partial charge in [-0.25, -0.2) is 0 Å². The number of hydrogen-bond acceptors (Lipinski definition) is 4. The minimum atomic E-state index is 0.246. The molecule has 0 radical (unpaired) electrons. The van der Waals surface area contributed by atoms with Gasteiger partial charge in [-0.2, -0.15) is 0 Å². The van der Waals surface area contributed by atoms with Gasteiger partial charge in [-0.15, -0.1) is 10.2 Å². The Morgan fingerprint density at radius 1 is 1.09 bits per heavy atom. The first-order valence-corrected chi connectivity index (χ1v) is 11.3. The van der Waals surface area contributed by atoms with Crippen LogP contribution in [0, 0.1) is 5.92 Å². The first kappa shape index (κ1) is 21.8. The van der Waals surface area contributed by atoms with E-state index in [2.05, 4.69) is 38.0 Å². The van der Waals surface area contributed by atoms with E-state index in [-0.39, 0.29) is 5.91 Å². The SMILES string of the molecule is CN=C(NCCCc1nnc2ccccn12)NCC1CC(=O)N(CCc2ccccc2)C1. The van der Waals surface area contributed by atoms with E-state index in [4.69, 9.17) is 0 Å². The van der Waals surface area contributed by atoms with Gasteiger partial charge >= 0.3 is 0 Å². The number of aryl methyl sites for hydroxylation is 1. The van der Waals surface area contributed by atoms with Gasteiger partial charge in [-0.05, 0) is 30.5 Å². The van der Waals surface area contributed by atoms with Crippen molar-refractivity contribution in [2.24, 2.45) is 10.9 Å². The van der Waals surface area contributed by atoms with Crippen LogP contribution in [0.3, 0.4) is 0 Å². The van der Waals surface area contributed by atoms with Gasteiger partial charge in [-0.1, -0.05) is 36.4 Å². The third-order valence-electron chi connectivity index (χ3n) is 5.84. The monoisotopic (exact) mass is 433 g/mol. The highest BCUT2D eigenvalue weighted by Gasteiger charge is 2.29. The highest BCUT2D eigenvalue weighted by molar-refractivity contribution is 5.80.